The average molecular weight is 237 g/mol. The normalized spacial score (nSPS) is 29.4. The van der Waals surface area contributed by atoms with Gasteiger partial charge in [-0.05, 0) is 33.1 Å². The third-order valence-electron chi connectivity index (χ3n) is 3.76. The minimum atomic E-state index is -0.840. The maximum atomic E-state index is 11.9. The van der Waals surface area contributed by atoms with Crippen molar-refractivity contribution in [3.8, 4) is 0 Å². The number of rotatable bonds is 2. The highest BCUT2D eigenvalue weighted by Gasteiger charge is 2.42. The fourth-order valence-corrected chi connectivity index (χ4v) is 2.52. The zero-order valence-electron chi connectivity index (χ0n) is 9.90. The first-order chi connectivity index (χ1) is 7.93. The van der Waals surface area contributed by atoms with E-state index in [1.807, 2.05) is 0 Å². The Labute approximate surface area is 99.1 Å². The summed E-state index contributed by atoms with van der Waals surface area (Å²) in [6.07, 6.45) is 1.51. The highest BCUT2D eigenvalue weighted by Crippen LogP contribution is 2.33. The first kappa shape index (κ1) is 11.8. The van der Waals surface area contributed by atoms with Gasteiger partial charge in [-0.15, -0.1) is 0 Å². The van der Waals surface area contributed by atoms with Crippen LogP contribution in [0.15, 0.2) is 11.1 Å². The summed E-state index contributed by atoms with van der Waals surface area (Å²) in [4.78, 5) is 35.9. The Balaban J connectivity index is 2.14. The molecule has 0 aromatic rings. The third kappa shape index (κ3) is 1.75. The van der Waals surface area contributed by atoms with Crippen molar-refractivity contribution in [1.82, 2.24) is 4.90 Å². The van der Waals surface area contributed by atoms with E-state index in [1.54, 1.807) is 13.8 Å². The highest BCUT2D eigenvalue weighted by molar-refractivity contribution is 6.19. The first-order valence-electron chi connectivity index (χ1n) is 5.71. The summed E-state index contributed by atoms with van der Waals surface area (Å²) in [6.45, 7) is 3.28. The van der Waals surface area contributed by atoms with E-state index >= 15 is 0 Å². The molecule has 17 heavy (non-hydrogen) atoms. The molecule has 0 aromatic carbocycles. The van der Waals surface area contributed by atoms with Crippen LogP contribution in [0.4, 0.5) is 0 Å². The van der Waals surface area contributed by atoms with E-state index in [4.69, 9.17) is 5.11 Å². The second kappa shape index (κ2) is 3.98. The minimum absolute atomic E-state index is 0.247. The lowest BCUT2D eigenvalue weighted by Gasteiger charge is -2.22. The van der Waals surface area contributed by atoms with Gasteiger partial charge in [-0.2, -0.15) is 0 Å². The Kier molecular flexibility index (Phi) is 2.77. The number of carbonyl (C=O) groups excluding carboxylic acids is 2. The number of hydrogen-bond acceptors (Lipinski definition) is 3. The number of aliphatic carboxylic acids is 1. The van der Waals surface area contributed by atoms with Gasteiger partial charge in [0.25, 0.3) is 11.8 Å². The molecule has 2 rings (SSSR count). The molecule has 0 spiro atoms. The summed E-state index contributed by atoms with van der Waals surface area (Å²) in [6, 6.07) is -0.247. The molecule has 0 saturated heterocycles. The predicted octanol–water partition coefficient (Wildman–Crippen LogP) is 0.945. The zero-order chi connectivity index (χ0) is 12.7. The van der Waals surface area contributed by atoms with E-state index in [1.165, 1.54) is 4.90 Å². The smallest absolute Gasteiger partial charge is 0.306 e. The van der Waals surface area contributed by atoms with Crippen molar-refractivity contribution < 1.29 is 19.5 Å². The number of nitrogens with zero attached hydrogens (tertiary/aromatic N) is 1. The minimum Gasteiger partial charge on any atom is -0.481 e. The number of carboxylic acids is 1. The van der Waals surface area contributed by atoms with Gasteiger partial charge in [0.05, 0.1) is 5.92 Å². The molecule has 1 fully saturated rings. The molecule has 1 saturated carbocycles. The van der Waals surface area contributed by atoms with E-state index < -0.39 is 11.9 Å². The van der Waals surface area contributed by atoms with Gasteiger partial charge in [-0.25, -0.2) is 0 Å². The number of amides is 2. The van der Waals surface area contributed by atoms with Crippen molar-refractivity contribution in [2.75, 3.05) is 0 Å². The first-order valence-corrected chi connectivity index (χ1v) is 5.71. The van der Waals surface area contributed by atoms with Crippen LogP contribution in [0.1, 0.15) is 33.1 Å². The summed E-state index contributed by atoms with van der Waals surface area (Å²) in [5.41, 5.74) is 0.961. The molecular formula is C12H15NO4. The van der Waals surface area contributed by atoms with Crippen LogP contribution in [0.2, 0.25) is 0 Å². The Morgan fingerprint density at radius 2 is 1.71 bits per heavy atom. The molecule has 2 atom stereocenters. The Morgan fingerprint density at radius 1 is 1.18 bits per heavy atom. The van der Waals surface area contributed by atoms with E-state index in [0.29, 0.717) is 30.4 Å². The summed E-state index contributed by atoms with van der Waals surface area (Å²) in [5.74, 6) is -1.79. The van der Waals surface area contributed by atoms with Gasteiger partial charge in [-0.3, -0.25) is 19.3 Å². The van der Waals surface area contributed by atoms with E-state index in [0.717, 1.165) is 0 Å². The van der Waals surface area contributed by atoms with Crippen molar-refractivity contribution in [2.45, 2.75) is 39.2 Å². The van der Waals surface area contributed by atoms with Crippen LogP contribution >= 0.6 is 0 Å². The van der Waals surface area contributed by atoms with Crippen molar-refractivity contribution in [2.24, 2.45) is 5.92 Å². The molecule has 1 aliphatic heterocycles. The summed E-state index contributed by atoms with van der Waals surface area (Å²) in [7, 11) is 0. The maximum Gasteiger partial charge on any atom is 0.306 e. The molecule has 0 bridgehead atoms. The van der Waals surface area contributed by atoms with E-state index in [9.17, 15) is 14.4 Å². The van der Waals surface area contributed by atoms with Gasteiger partial charge in [-0.1, -0.05) is 0 Å². The molecule has 1 N–H and O–H groups in total. The highest BCUT2D eigenvalue weighted by atomic mass is 16.4. The second-order valence-corrected chi connectivity index (χ2v) is 4.73. The van der Waals surface area contributed by atoms with Gasteiger partial charge in [0.1, 0.15) is 0 Å². The molecule has 0 unspecified atom stereocenters. The van der Waals surface area contributed by atoms with E-state index in [2.05, 4.69) is 0 Å². The van der Waals surface area contributed by atoms with Crippen LogP contribution in [0.5, 0.6) is 0 Å². The lowest BCUT2D eigenvalue weighted by molar-refractivity contribution is -0.144. The molecule has 5 heteroatoms. The lowest BCUT2D eigenvalue weighted by atomic mass is 10.1. The van der Waals surface area contributed by atoms with Crippen molar-refractivity contribution in [1.29, 1.82) is 0 Å². The molecule has 0 aromatic heterocycles. The van der Waals surface area contributed by atoms with Crippen LogP contribution in [0.25, 0.3) is 0 Å². The SMILES string of the molecule is CC1=C(C)C(=O)N([C@H]2CC[C@@H](C(=O)O)C2)C1=O. The lowest BCUT2D eigenvalue weighted by Crippen LogP contribution is -2.39. The van der Waals surface area contributed by atoms with Crippen LogP contribution < -0.4 is 0 Å². The summed E-state index contributed by atoms with van der Waals surface area (Å²) in [5, 5.41) is 8.91. The molecule has 92 valence electrons. The van der Waals surface area contributed by atoms with Gasteiger partial charge < -0.3 is 5.11 Å². The van der Waals surface area contributed by atoms with Crippen LogP contribution in [0.3, 0.4) is 0 Å². The topological polar surface area (TPSA) is 74.7 Å². The van der Waals surface area contributed by atoms with Crippen LogP contribution in [-0.2, 0) is 14.4 Å². The molecule has 2 amide bonds. The Bertz CT molecular complexity index is 414. The number of carbonyl (C=O) groups is 3. The number of carboxylic acid groups (broad SMARTS) is 1. The fourth-order valence-electron chi connectivity index (χ4n) is 2.52. The van der Waals surface area contributed by atoms with Crippen LogP contribution in [0, 0.1) is 5.92 Å². The maximum absolute atomic E-state index is 11.9. The standard InChI is InChI=1S/C12H15NO4/c1-6-7(2)11(15)13(10(6)14)9-4-3-8(5-9)12(16)17/h8-9H,3-5H2,1-2H3,(H,16,17)/t8-,9+/m1/s1. The summed E-state index contributed by atoms with van der Waals surface area (Å²) < 4.78 is 0. The molecule has 1 heterocycles. The monoisotopic (exact) mass is 237 g/mol. The molecule has 5 nitrogen and oxygen atoms in total. The van der Waals surface area contributed by atoms with Gasteiger partial charge >= 0.3 is 5.97 Å². The molecular weight excluding hydrogens is 222 g/mol. The fraction of sp³-hybridized carbons (Fsp3) is 0.583. The average Bonchev–Trinajstić information content (AvgIpc) is 2.81. The second-order valence-electron chi connectivity index (χ2n) is 4.73. The Hall–Kier alpha value is -1.65. The predicted molar refractivity (Wildman–Crippen MR) is 59.0 cm³/mol. The van der Waals surface area contributed by atoms with E-state index in [-0.39, 0.29) is 17.9 Å². The number of hydrogen-bond donors (Lipinski definition) is 1. The van der Waals surface area contributed by atoms with Gasteiger partial charge in [0.15, 0.2) is 0 Å². The van der Waals surface area contributed by atoms with Crippen LogP contribution in [-0.4, -0.2) is 33.8 Å². The van der Waals surface area contributed by atoms with Crippen molar-refractivity contribution in [3.05, 3.63) is 11.1 Å². The van der Waals surface area contributed by atoms with Gasteiger partial charge in [0.2, 0.25) is 0 Å². The van der Waals surface area contributed by atoms with Crippen molar-refractivity contribution >= 4 is 17.8 Å². The molecule has 2 aliphatic rings. The Morgan fingerprint density at radius 3 is 2.12 bits per heavy atom. The largest absolute Gasteiger partial charge is 0.481 e. The quantitative estimate of drug-likeness (QED) is 0.725. The summed E-state index contributed by atoms with van der Waals surface area (Å²) >= 11 is 0. The number of imide groups is 1. The molecule has 1 aliphatic carbocycles. The molecule has 0 radical (unpaired) electrons. The van der Waals surface area contributed by atoms with Gasteiger partial charge in [0, 0.05) is 17.2 Å². The third-order valence-corrected chi connectivity index (χ3v) is 3.76. The zero-order valence-corrected chi connectivity index (χ0v) is 9.90. The van der Waals surface area contributed by atoms with Crippen molar-refractivity contribution in [3.63, 3.8) is 0 Å².